The summed E-state index contributed by atoms with van der Waals surface area (Å²) < 4.78 is 41.8. The summed E-state index contributed by atoms with van der Waals surface area (Å²) >= 11 is 0.879. The lowest BCUT2D eigenvalue weighted by Crippen LogP contribution is -2.21. The number of rotatable bonds is 7. The fraction of sp³-hybridized carbons (Fsp3) is 0.353. The molecule has 0 radical (unpaired) electrons. The second-order valence-corrected chi connectivity index (χ2v) is 7.28. The summed E-state index contributed by atoms with van der Waals surface area (Å²) in [7, 11) is 0. The highest BCUT2D eigenvalue weighted by Crippen LogP contribution is 2.28. The van der Waals surface area contributed by atoms with Gasteiger partial charge >= 0.3 is 6.18 Å². The molecule has 0 fully saturated rings. The highest BCUT2D eigenvalue weighted by molar-refractivity contribution is 7.99. The molecule has 0 aliphatic carbocycles. The van der Waals surface area contributed by atoms with Crippen LogP contribution in [0.15, 0.2) is 41.9 Å². The van der Waals surface area contributed by atoms with Crippen molar-refractivity contribution >= 4 is 23.5 Å². The van der Waals surface area contributed by atoms with Crippen LogP contribution in [-0.2, 0) is 11.3 Å². The smallest absolute Gasteiger partial charge is 0.310 e. The van der Waals surface area contributed by atoms with Gasteiger partial charge in [-0.15, -0.1) is 10.2 Å². The molecule has 0 atom stereocenters. The van der Waals surface area contributed by atoms with Crippen molar-refractivity contribution in [1.29, 1.82) is 0 Å². The molecule has 0 aliphatic heterocycles. The zero-order chi connectivity index (χ0) is 21.0. The Morgan fingerprint density at radius 1 is 1.17 bits per heavy atom. The third kappa shape index (κ3) is 5.34. The van der Waals surface area contributed by atoms with E-state index in [1.807, 2.05) is 13.8 Å². The second-order valence-electron chi connectivity index (χ2n) is 6.34. The van der Waals surface area contributed by atoms with Crippen molar-refractivity contribution in [2.75, 3.05) is 11.1 Å². The Balaban J connectivity index is 1.75. The molecule has 0 aliphatic rings. The number of alkyl halides is 3. The minimum absolute atomic E-state index is 0.00153. The number of anilines is 1. The molecular weight excluding hydrogens is 407 g/mol. The molecule has 12 heteroatoms. The highest BCUT2D eigenvalue weighted by atomic mass is 32.2. The van der Waals surface area contributed by atoms with Crippen LogP contribution in [0.4, 0.5) is 19.0 Å². The van der Waals surface area contributed by atoms with Crippen molar-refractivity contribution in [3.05, 3.63) is 36.8 Å². The summed E-state index contributed by atoms with van der Waals surface area (Å²) in [4.78, 5) is 16.1. The third-order valence-corrected chi connectivity index (χ3v) is 4.72. The quantitative estimate of drug-likeness (QED) is 0.584. The fourth-order valence-corrected chi connectivity index (χ4v) is 3.30. The Morgan fingerprint density at radius 2 is 1.90 bits per heavy atom. The van der Waals surface area contributed by atoms with Gasteiger partial charge in [0, 0.05) is 30.1 Å². The monoisotopic (exact) mass is 425 g/mol. The van der Waals surface area contributed by atoms with Crippen molar-refractivity contribution < 1.29 is 18.0 Å². The third-order valence-electron chi connectivity index (χ3n) is 3.75. The summed E-state index contributed by atoms with van der Waals surface area (Å²) in [5.74, 6) is 0.0602. The van der Waals surface area contributed by atoms with E-state index in [1.165, 1.54) is 12.4 Å². The molecule has 3 heterocycles. The topological polar surface area (TPSA) is 90.5 Å². The minimum Gasteiger partial charge on any atom is -0.310 e. The zero-order valence-electron chi connectivity index (χ0n) is 15.6. The van der Waals surface area contributed by atoms with Gasteiger partial charge < -0.3 is 5.32 Å². The predicted octanol–water partition coefficient (Wildman–Crippen LogP) is 3.41. The van der Waals surface area contributed by atoms with Crippen LogP contribution in [0.1, 0.15) is 19.9 Å². The molecule has 0 unspecified atom stereocenters. The number of halogens is 3. The number of aromatic nitrogens is 6. The van der Waals surface area contributed by atoms with E-state index in [-0.39, 0.29) is 28.7 Å². The summed E-state index contributed by atoms with van der Waals surface area (Å²) in [5.41, 5.74) is 0.453. The number of amides is 1. The minimum atomic E-state index is -4.47. The maximum atomic E-state index is 13.1. The Hall–Kier alpha value is -2.89. The van der Waals surface area contributed by atoms with Crippen molar-refractivity contribution in [3.8, 4) is 11.4 Å². The molecule has 1 N–H and O–H groups in total. The number of carbonyl (C=O) groups is 1. The van der Waals surface area contributed by atoms with Crippen LogP contribution in [0.2, 0.25) is 0 Å². The Morgan fingerprint density at radius 3 is 2.55 bits per heavy atom. The first-order valence-corrected chi connectivity index (χ1v) is 9.59. The first-order valence-electron chi connectivity index (χ1n) is 8.61. The molecule has 0 bridgehead atoms. The van der Waals surface area contributed by atoms with Crippen LogP contribution in [0.5, 0.6) is 0 Å². The van der Waals surface area contributed by atoms with E-state index >= 15 is 0 Å². The molecule has 8 nitrogen and oxygen atoms in total. The molecule has 0 aromatic carbocycles. The van der Waals surface area contributed by atoms with Crippen LogP contribution in [0.3, 0.4) is 0 Å². The van der Waals surface area contributed by atoms with Gasteiger partial charge in [0.1, 0.15) is 12.4 Å². The van der Waals surface area contributed by atoms with E-state index in [2.05, 4.69) is 25.6 Å². The molecule has 154 valence electrons. The van der Waals surface area contributed by atoms with E-state index in [0.29, 0.717) is 11.4 Å². The Labute approximate surface area is 168 Å². The molecule has 3 rings (SSSR count). The first kappa shape index (κ1) is 20.8. The number of thioether (sulfide) groups is 1. The van der Waals surface area contributed by atoms with Crippen LogP contribution in [-0.4, -0.2) is 47.4 Å². The molecule has 0 saturated heterocycles. The highest BCUT2D eigenvalue weighted by Gasteiger charge is 2.31. The molecule has 0 saturated carbocycles. The van der Waals surface area contributed by atoms with Crippen molar-refractivity contribution in [1.82, 2.24) is 29.5 Å². The number of nitrogens with one attached hydrogen (secondary N) is 1. The lowest BCUT2D eigenvalue weighted by atomic mass is 10.2. The van der Waals surface area contributed by atoms with Gasteiger partial charge in [-0.3, -0.25) is 14.3 Å². The van der Waals surface area contributed by atoms with Crippen LogP contribution in [0.25, 0.3) is 11.4 Å². The zero-order valence-corrected chi connectivity index (χ0v) is 16.4. The number of pyridine rings is 1. The van der Waals surface area contributed by atoms with Gasteiger partial charge in [0.05, 0.1) is 11.9 Å². The molecule has 1 amide bonds. The Bertz CT molecular complexity index is 969. The first-order chi connectivity index (χ1) is 13.7. The molecule has 0 spiro atoms. The van der Waals surface area contributed by atoms with Gasteiger partial charge in [-0.05, 0) is 26.0 Å². The van der Waals surface area contributed by atoms with Gasteiger partial charge in [0.2, 0.25) is 5.91 Å². The number of nitrogens with zero attached hydrogens (tertiary/aromatic N) is 6. The lowest BCUT2D eigenvalue weighted by molar-refractivity contribution is -0.141. The average molecular weight is 425 g/mol. The molecule has 29 heavy (non-hydrogen) atoms. The number of hydrogen-bond donors (Lipinski definition) is 1. The summed E-state index contributed by atoms with van der Waals surface area (Å²) in [5, 5.41) is 14.5. The standard InChI is InChI=1S/C17H18F3N7OS/c1-11(2)27-13(5-8-22-27)23-14(28)9-29-16-25-24-15(12-3-6-21-7-4-12)26(16)10-17(18,19)20/h3-8,11H,9-10H2,1-2H3,(H,23,28). The average Bonchev–Trinajstić information content (AvgIpc) is 3.26. The lowest BCUT2D eigenvalue weighted by Gasteiger charge is -2.13. The van der Waals surface area contributed by atoms with Gasteiger partial charge in [-0.25, -0.2) is 4.68 Å². The fourth-order valence-electron chi connectivity index (χ4n) is 2.57. The summed E-state index contributed by atoms with van der Waals surface area (Å²) in [6.45, 7) is 2.57. The second kappa shape index (κ2) is 8.64. The van der Waals surface area contributed by atoms with Gasteiger partial charge in [-0.2, -0.15) is 18.3 Å². The molecule has 3 aromatic heterocycles. The van der Waals surface area contributed by atoms with E-state index < -0.39 is 12.7 Å². The summed E-state index contributed by atoms with van der Waals surface area (Å²) in [6, 6.07) is 4.79. The van der Waals surface area contributed by atoms with Gasteiger partial charge in [0.15, 0.2) is 11.0 Å². The van der Waals surface area contributed by atoms with Gasteiger partial charge in [0.25, 0.3) is 0 Å². The van der Waals surface area contributed by atoms with Crippen LogP contribution in [0, 0.1) is 0 Å². The number of hydrogen-bond acceptors (Lipinski definition) is 6. The van der Waals surface area contributed by atoms with Crippen molar-refractivity contribution in [2.45, 2.75) is 37.8 Å². The largest absolute Gasteiger partial charge is 0.406 e. The molecule has 3 aromatic rings. The SMILES string of the molecule is CC(C)n1nccc1NC(=O)CSc1nnc(-c2ccncc2)n1CC(F)(F)F. The maximum Gasteiger partial charge on any atom is 0.406 e. The van der Waals surface area contributed by atoms with Crippen molar-refractivity contribution in [3.63, 3.8) is 0 Å². The van der Waals surface area contributed by atoms with Crippen molar-refractivity contribution in [2.24, 2.45) is 0 Å². The van der Waals surface area contributed by atoms with Gasteiger partial charge in [-0.1, -0.05) is 11.8 Å². The maximum absolute atomic E-state index is 13.1. The Kier molecular flexibility index (Phi) is 6.20. The van der Waals surface area contributed by atoms with E-state index in [9.17, 15) is 18.0 Å². The van der Waals surface area contributed by atoms with Crippen LogP contribution >= 0.6 is 11.8 Å². The molecular formula is C17H18F3N7OS. The van der Waals surface area contributed by atoms with Crippen LogP contribution < -0.4 is 5.32 Å². The number of carbonyl (C=O) groups excluding carboxylic acids is 1. The van der Waals surface area contributed by atoms with E-state index in [0.717, 1.165) is 16.3 Å². The summed E-state index contributed by atoms with van der Waals surface area (Å²) in [6.07, 6.45) is 0.00928. The normalized spacial score (nSPS) is 11.8. The predicted molar refractivity (Wildman–Crippen MR) is 101 cm³/mol. The van der Waals surface area contributed by atoms with E-state index in [4.69, 9.17) is 0 Å². The van der Waals surface area contributed by atoms with E-state index in [1.54, 1.807) is 29.1 Å².